The van der Waals surface area contributed by atoms with Crippen LogP contribution in [0, 0.1) is 20.8 Å². The molecule has 1 aromatic carbocycles. The maximum Gasteiger partial charge on any atom is 0.0535 e. The highest BCUT2D eigenvalue weighted by molar-refractivity contribution is 8.00. The fourth-order valence-corrected chi connectivity index (χ4v) is 3.01. The van der Waals surface area contributed by atoms with Gasteiger partial charge in [-0.25, -0.2) is 0 Å². The van der Waals surface area contributed by atoms with Crippen LogP contribution in [0.1, 0.15) is 44.4 Å². The highest BCUT2D eigenvalue weighted by atomic mass is 35.5. The lowest BCUT2D eigenvalue weighted by molar-refractivity contribution is 0.541. The van der Waals surface area contributed by atoms with Crippen molar-refractivity contribution in [3.05, 3.63) is 28.8 Å². The SMILES string of the molecule is Cc1cc(C)c(SC(C)(C)C(C)(C)Cl)c(C)c1. The Balaban J connectivity index is 3.13. The molecule has 0 bridgehead atoms. The van der Waals surface area contributed by atoms with Crippen LogP contribution in [0.4, 0.5) is 0 Å². The molecule has 2 heteroatoms. The number of alkyl halides is 1. The van der Waals surface area contributed by atoms with Crippen LogP contribution in [0.5, 0.6) is 0 Å². The van der Waals surface area contributed by atoms with Crippen molar-refractivity contribution in [2.24, 2.45) is 0 Å². The first-order valence-corrected chi connectivity index (χ1v) is 7.20. The lowest BCUT2D eigenvalue weighted by atomic mass is 9.98. The van der Waals surface area contributed by atoms with Gasteiger partial charge in [0, 0.05) is 9.64 Å². The zero-order valence-corrected chi connectivity index (χ0v) is 13.5. The van der Waals surface area contributed by atoms with E-state index in [1.54, 1.807) is 0 Å². The summed E-state index contributed by atoms with van der Waals surface area (Å²) in [6, 6.07) is 4.49. The van der Waals surface area contributed by atoms with Gasteiger partial charge in [-0.2, -0.15) is 0 Å². The molecule has 0 aliphatic rings. The van der Waals surface area contributed by atoms with Gasteiger partial charge in [-0.3, -0.25) is 0 Å². The highest BCUT2D eigenvalue weighted by Gasteiger charge is 2.36. The molecule has 0 unspecified atom stereocenters. The van der Waals surface area contributed by atoms with Crippen molar-refractivity contribution in [3.63, 3.8) is 0 Å². The second kappa shape index (κ2) is 4.85. The third kappa shape index (κ3) is 3.42. The summed E-state index contributed by atoms with van der Waals surface area (Å²) < 4.78 is -0.000661. The first kappa shape index (κ1) is 14.9. The normalized spacial score (nSPS) is 12.9. The molecule has 0 saturated carbocycles. The molecule has 0 spiro atoms. The maximum atomic E-state index is 6.49. The van der Waals surface area contributed by atoms with Crippen LogP contribution in [0.15, 0.2) is 17.0 Å². The van der Waals surface area contributed by atoms with Crippen LogP contribution >= 0.6 is 23.4 Å². The molecule has 0 aliphatic carbocycles. The van der Waals surface area contributed by atoms with E-state index in [4.69, 9.17) is 11.6 Å². The van der Waals surface area contributed by atoms with E-state index in [-0.39, 0.29) is 9.62 Å². The van der Waals surface area contributed by atoms with E-state index in [1.807, 2.05) is 11.8 Å². The van der Waals surface area contributed by atoms with E-state index in [0.29, 0.717) is 0 Å². The summed E-state index contributed by atoms with van der Waals surface area (Å²) in [7, 11) is 0. The van der Waals surface area contributed by atoms with Gasteiger partial charge in [0.15, 0.2) is 0 Å². The quantitative estimate of drug-likeness (QED) is 0.516. The van der Waals surface area contributed by atoms with Crippen LogP contribution < -0.4 is 0 Å². The van der Waals surface area contributed by atoms with Crippen molar-refractivity contribution in [1.82, 2.24) is 0 Å². The highest BCUT2D eigenvalue weighted by Crippen LogP contribution is 2.45. The molecule has 0 fully saturated rings. The van der Waals surface area contributed by atoms with Crippen molar-refractivity contribution in [3.8, 4) is 0 Å². The Bertz CT molecular complexity index is 390. The topological polar surface area (TPSA) is 0 Å². The molecule has 17 heavy (non-hydrogen) atoms. The van der Waals surface area contributed by atoms with Gasteiger partial charge >= 0.3 is 0 Å². The molecule has 0 atom stereocenters. The molecule has 0 amide bonds. The molecular weight excluding hydrogens is 248 g/mol. The van der Waals surface area contributed by atoms with Gasteiger partial charge in [0.1, 0.15) is 0 Å². The lowest BCUT2D eigenvalue weighted by Gasteiger charge is -2.36. The minimum absolute atomic E-state index is 0.000661. The molecule has 96 valence electrons. The molecule has 0 nitrogen and oxygen atoms in total. The van der Waals surface area contributed by atoms with E-state index in [2.05, 4.69) is 60.6 Å². The zero-order valence-electron chi connectivity index (χ0n) is 11.9. The van der Waals surface area contributed by atoms with Crippen LogP contribution in [-0.2, 0) is 0 Å². The fraction of sp³-hybridized carbons (Fsp3) is 0.600. The first-order chi connectivity index (χ1) is 7.54. The molecular formula is C15H23ClS. The summed E-state index contributed by atoms with van der Waals surface area (Å²) >= 11 is 8.37. The summed E-state index contributed by atoms with van der Waals surface area (Å²) in [6.07, 6.45) is 0. The largest absolute Gasteiger partial charge is 0.118 e. The number of benzene rings is 1. The second-order valence-corrected chi connectivity index (χ2v) is 8.39. The van der Waals surface area contributed by atoms with E-state index in [1.165, 1.54) is 21.6 Å². The molecule has 0 N–H and O–H groups in total. The van der Waals surface area contributed by atoms with Gasteiger partial charge < -0.3 is 0 Å². The second-order valence-electron chi connectivity index (χ2n) is 5.81. The number of thioether (sulfide) groups is 1. The molecule has 0 radical (unpaired) electrons. The van der Waals surface area contributed by atoms with Crippen LogP contribution in [0.2, 0.25) is 0 Å². The van der Waals surface area contributed by atoms with Gasteiger partial charge in [-0.05, 0) is 59.6 Å². The maximum absolute atomic E-state index is 6.49. The number of halogens is 1. The monoisotopic (exact) mass is 270 g/mol. The van der Waals surface area contributed by atoms with Gasteiger partial charge in [0.05, 0.1) is 4.87 Å². The Morgan fingerprint density at radius 1 is 0.941 bits per heavy atom. The van der Waals surface area contributed by atoms with E-state index in [9.17, 15) is 0 Å². The lowest BCUT2D eigenvalue weighted by Crippen LogP contribution is -2.37. The third-order valence-corrected chi connectivity index (χ3v) is 5.85. The number of aryl methyl sites for hydroxylation is 3. The average Bonchev–Trinajstić information content (AvgIpc) is 2.09. The molecule has 0 heterocycles. The van der Waals surface area contributed by atoms with Gasteiger partial charge in [0.2, 0.25) is 0 Å². The standard InChI is InChI=1S/C15H23ClS/c1-10-8-11(2)13(12(3)9-10)17-15(6,7)14(4,5)16/h8-9H,1-7H3. The van der Waals surface area contributed by atoms with Crippen molar-refractivity contribution >= 4 is 23.4 Å². The minimum atomic E-state index is -0.235. The summed E-state index contributed by atoms with van der Waals surface area (Å²) in [5, 5.41) is 0. The fourth-order valence-electron chi connectivity index (χ4n) is 1.70. The zero-order chi connectivity index (χ0) is 13.4. The number of hydrogen-bond donors (Lipinski definition) is 0. The smallest absolute Gasteiger partial charge is 0.0535 e. The van der Waals surface area contributed by atoms with Gasteiger partial charge in [-0.1, -0.05) is 17.7 Å². The Morgan fingerprint density at radius 2 is 1.35 bits per heavy atom. The van der Waals surface area contributed by atoms with Gasteiger partial charge in [0.25, 0.3) is 0 Å². The molecule has 0 aliphatic heterocycles. The van der Waals surface area contributed by atoms with Crippen LogP contribution in [0.3, 0.4) is 0 Å². The number of rotatable bonds is 3. The Kier molecular flexibility index (Phi) is 4.26. The first-order valence-electron chi connectivity index (χ1n) is 6.00. The summed E-state index contributed by atoms with van der Waals surface area (Å²) in [5.74, 6) is 0. The average molecular weight is 271 g/mol. The molecule has 1 rings (SSSR count). The van der Waals surface area contributed by atoms with Crippen molar-refractivity contribution in [2.75, 3.05) is 0 Å². The summed E-state index contributed by atoms with van der Waals surface area (Å²) in [6.45, 7) is 15.1. The van der Waals surface area contributed by atoms with E-state index < -0.39 is 0 Å². The Hall–Kier alpha value is -0.140. The third-order valence-electron chi connectivity index (χ3n) is 3.39. The van der Waals surface area contributed by atoms with Crippen molar-refractivity contribution in [1.29, 1.82) is 0 Å². The molecule has 0 saturated heterocycles. The van der Waals surface area contributed by atoms with E-state index >= 15 is 0 Å². The van der Waals surface area contributed by atoms with Crippen LogP contribution in [-0.4, -0.2) is 9.62 Å². The predicted octanol–water partition coefficient (Wildman–Crippen LogP) is 5.50. The number of hydrogen-bond acceptors (Lipinski definition) is 1. The van der Waals surface area contributed by atoms with Gasteiger partial charge in [-0.15, -0.1) is 23.4 Å². The molecule has 0 aromatic heterocycles. The Morgan fingerprint density at radius 3 is 1.71 bits per heavy atom. The van der Waals surface area contributed by atoms with E-state index in [0.717, 1.165) is 0 Å². The summed E-state index contributed by atoms with van der Waals surface area (Å²) in [5.41, 5.74) is 4.02. The Labute approximate surface area is 115 Å². The van der Waals surface area contributed by atoms with Crippen molar-refractivity contribution < 1.29 is 0 Å². The van der Waals surface area contributed by atoms with Crippen LogP contribution in [0.25, 0.3) is 0 Å². The predicted molar refractivity (Wildman–Crippen MR) is 80.5 cm³/mol. The minimum Gasteiger partial charge on any atom is -0.118 e. The molecule has 1 aromatic rings. The van der Waals surface area contributed by atoms with Crippen molar-refractivity contribution in [2.45, 2.75) is 63.0 Å². The summed E-state index contributed by atoms with van der Waals surface area (Å²) in [4.78, 5) is 1.14.